The zero-order valence-corrected chi connectivity index (χ0v) is 15.2. The Labute approximate surface area is 150 Å². The van der Waals surface area contributed by atoms with Crippen LogP contribution in [0.2, 0.25) is 0 Å². The first-order valence-electron chi connectivity index (χ1n) is 7.96. The summed E-state index contributed by atoms with van der Waals surface area (Å²) >= 11 is 0. The molecule has 0 saturated carbocycles. The number of aromatic nitrogens is 3. The number of hydrogen-bond donors (Lipinski definition) is 2. The zero-order valence-electron chi connectivity index (χ0n) is 14.4. The second-order valence-electron chi connectivity index (χ2n) is 5.87. The lowest BCUT2D eigenvalue weighted by Crippen LogP contribution is -2.32. The van der Waals surface area contributed by atoms with Crippen molar-refractivity contribution in [3.63, 3.8) is 0 Å². The maximum Gasteiger partial charge on any atom is 0.234 e. The number of carbonyl (C=O) groups is 1. The van der Waals surface area contributed by atoms with Crippen molar-refractivity contribution in [3.05, 3.63) is 47.6 Å². The Kier molecular flexibility index (Phi) is 4.94. The monoisotopic (exact) mass is 377 g/mol. The third kappa shape index (κ3) is 4.20. The molecule has 3 heterocycles. The van der Waals surface area contributed by atoms with E-state index in [1.165, 1.54) is 0 Å². The van der Waals surface area contributed by atoms with Gasteiger partial charge in [-0.15, -0.1) is 0 Å². The summed E-state index contributed by atoms with van der Waals surface area (Å²) in [6, 6.07) is 5.07. The second-order valence-corrected chi connectivity index (χ2v) is 7.71. The number of sulfonamides is 1. The highest BCUT2D eigenvalue weighted by atomic mass is 32.2. The molecule has 0 bridgehead atoms. The van der Waals surface area contributed by atoms with E-state index in [0.29, 0.717) is 17.1 Å². The molecule has 0 saturated heterocycles. The third-order valence-corrected chi connectivity index (χ3v) is 5.17. The predicted octanol–water partition coefficient (Wildman–Crippen LogP) is 1.04. The first-order chi connectivity index (χ1) is 12.3. The second kappa shape index (κ2) is 7.16. The van der Waals surface area contributed by atoms with Gasteiger partial charge in [0.25, 0.3) is 0 Å². The van der Waals surface area contributed by atoms with Crippen LogP contribution in [0.25, 0.3) is 5.52 Å². The maximum absolute atomic E-state index is 12.2. The van der Waals surface area contributed by atoms with Crippen LogP contribution in [0.4, 0.5) is 5.69 Å². The van der Waals surface area contributed by atoms with Crippen LogP contribution in [0.5, 0.6) is 0 Å². The molecule has 0 aromatic carbocycles. The number of anilines is 1. The smallest absolute Gasteiger partial charge is 0.234 e. The molecule has 1 amide bonds. The minimum Gasteiger partial charge on any atom is -0.361 e. The van der Waals surface area contributed by atoms with Gasteiger partial charge in [0, 0.05) is 24.5 Å². The molecule has 0 spiro atoms. The molecule has 0 aliphatic carbocycles. The standard InChI is InChI=1S/C16H19N5O4S/c1-11-15(12(2)25-19-11)10-16(22)17-6-8-26(23,24)20-13-4-7-21-14(9-13)3-5-18-21/h3-5,7,9,20H,6,8,10H2,1-2H3,(H,17,22). The van der Waals surface area contributed by atoms with E-state index < -0.39 is 10.0 Å². The first kappa shape index (κ1) is 17.9. The molecule has 0 atom stereocenters. The predicted molar refractivity (Wildman–Crippen MR) is 95.3 cm³/mol. The average molecular weight is 377 g/mol. The Bertz CT molecular complexity index is 1020. The van der Waals surface area contributed by atoms with Crippen LogP contribution in [0.3, 0.4) is 0 Å². The Balaban J connectivity index is 1.52. The molecular formula is C16H19N5O4S. The highest BCUT2D eigenvalue weighted by molar-refractivity contribution is 7.92. The summed E-state index contributed by atoms with van der Waals surface area (Å²) in [6.07, 6.45) is 3.40. The zero-order chi connectivity index (χ0) is 18.7. The van der Waals surface area contributed by atoms with Gasteiger partial charge in [0.1, 0.15) is 5.76 Å². The van der Waals surface area contributed by atoms with Gasteiger partial charge in [0.05, 0.1) is 29.1 Å². The van der Waals surface area contributed by atoms with Gasteiger partial charge in [-0.2, -0.15) is 5.10 Å². The van der Waals surface area contributed by atoms with E-state index in [2.05, 4.69) is 20.3 Å². The molecule has 9 nitrogen and oxygen atoms in total. The molecule has 0 aliphatic rings. The van der Waals surface area contributed by atoms with Gasteiger partial charge >= 0.3 is 0 Å². The number of rotatable bonds is 7. The normalized spacial score (nSPS) is 11.6. The molecule has 0 aliphatic heterocycles. The molecule has 138 valence electrons. The third-order valence-electron chi connectivity index (χ3n) is 3.88. The van der Waals surface area contributed by atoms with Crippen LogP contribution in [0, 0.1) is 13.8 Å². The highest BCUT2D eigenvalue weighted by Crippen LogP contribution is 2.14. The van der Waals surface area contributed by atoms with Gasteiger partial charge in [-0.25, -0.2) is 12.9 Å². The molecule has 10 heteroatoms. The van der Waals surface area contributed by atoms with E-state index in [1.54, 1.807) is 49.0 Å². The lowest BCUT2D eigenvalue weighted by Gasteiger charge is -2.09. The number of fused-ring (bicyclic) bond motifs is 1. The number of nitrogens with one attached hydrogen (secondary N) is 2. The van der Waals surface area contributed by atoms with Gasteiger partial charge in [-0.3, -0.25) is 9.52 Å². The van der Waals surface area contributed by atoms with Crippen molar-refractivity contribution in [3.8, 4) is 0 Å². The number of aryl methyl sites for hydroxylation is 2. The van der Waals surface area contributed by atoms with E-state index in [9.17, 15) is 13.2 Å². The summed E-state index contributed by atoms with van der Waals surface area (Å²) in [6.45, 7) is 3.49. The number of carbonyl (C=O) groups excluding carboxylic acids is 1. The van der Waals surface area contributed by atoms with Crippen LogP contribution in [-0.4, -0.2) is 41.4 Å². The minimum absolute atomic E-state index is 0.00642. The average Bonchev–Trinajstić information content (AvgIpc) is 3.15. The molecule has 0 fully saturated rings. The van der Waals surface area contributed by atoms with Crippen molar-refractivity contribution < 1.29 is 17.7 Å². The van der Waals surface area contributed by atoms with Crippen molar-refractivity contribution >= 4 is 27.1 Å². The Hall–Kier alpha value is -2.88. The van der Waals surface area contributed by atoms with E-state index >= 15 is 0 Å². The van der Waals surface area contributed by atoms with Crippen molar-refractivity contribution in [2.75, 3.05) is 17.0 Å². The van der Waals surface area contributed by atoms with Crippen molar-refractivity contribution in [1.82, 2.24) is 20.1 Å². The molecule has 3 aromatic rings. The van der Waals surface area contributed by atoms with Crippen molar-refractivity contribution in [2.24, 2.45) is 0 Å². The van der Waals surface area contributed by atoms with Gasteiger partial charge < -0.3 is 9.84 Å². The summed E-state index contributed by atoms with van der Waals surface area (Å²) in [5, 5.41) is 10.4. The van der Waals surface area contributed by atoms with E-state index in [0.717, 1.165) is 11.1 Å². The molecule has 0 radical (unpaired) electrons. The van der Waals surface area contributed by atoms with Crippen LogP contribution >= 0.6 is 0 Å². The van der Waals surface area contributed by atoms with Gasteiger partial charge in [0.15, 0.2) is 0 Å². The first-order valence-corrected chi connectivity index (χ1v) is 9.61. The van der Waals surface area contributed by atoms with Crippen molar-refractivity contribution in [2.45, 2.75) is 20.3 Å². The molecule has 2 N–H and O–H groups in total. The summed E-state index contributed by atoms with van der Waals surface area (Å²) in [7, 11) is -3.59. The Morgan fingerprint density at radius 1 is 1.31 bits per heavy atom. The number of hydrogen-bond acceptors (Lipinski definition) is 6. The lowest BCUT2D eigenvalue weighted by atomic mass is 10.1. The highest BCUT2D eigenvalue weighted by Gasteiger charge is 2.15. The molecular weight excluding hydrogens is 358 g/mol. The SMILES string of the molecule is Cc1noc(C)c1CC(=O)NCCS(=O)(=O)Nc1ccn2nccc2c1. The summed E-state index contributed by atoms with van der Waals surface area (Å²) < 4.78 is 33.5. The quantitative estimate of drug-likeness (QED) is 0.635. The van der Waals surface area contributed by atoms with Crippen LogP contribution < -0.4 is 10.0 Å². The maximum atomic E-state index is 12.2. The largest absolute Gasteiger partial charge is 0.361 e. The van der Waals surface area contributed by atoms with Gasteiger partial charge in [-0.1, -0.05) is 5.16 Å². The molecule has 3 aromatic heterocycles. The minimum atomic E-state index is -3.59. The number of pyridine rings is 1. The fourth-order valence-electron chi connectivity index (χ4n) is 2.52. The molecule has 0 unspecified atom stereocenters. The Morgan fingerprint density at radius 2 is 2.12 bits per heavy atom. The fourth-order valence-corrected chi connectivity index (χ4v) is 3.48. The summed E-state index contributed by atoms with van der Waals surface area (Å²) in [5.41, 5.74) is 2.60. The molecule has 26 heavy (non-hydrogen) atoms. The van der Waals surface area contributed by atoms with Gasteiger partial charge in [-0.05, 0) is 32.0 Å². The number of amides is 1. The van der Waals surface area contributed by atoms with E-state index in [4.69, 9.17) is 4.52 Å². The van der Waals surface area contributed by atoms with Crippen LogP contribution in [0.15, 0.2) is 35.1 Å². The fraction of sp³-hybridized carbons (Fsp3) is 0.312. The van der Waals surface area contributed by atoms with E-state index in [1.807, 2.05) is 0 Å². The van der Waals surface area contributed by atoms with Crippen LogP contribution in [0.1, 0.15) is 17.0 Å². The molecule has 3 rings (SSSR count). The summed E-state index contributed by atoms with van der Waals surface area (Å²) in [5.74, 6) is 0.0719. The topological polar surface area (TPSA) is 119 Å². The van der Waals surface area contributed by atoms with Crippen molar-refractivity contribution in [1.29, 1.82) is 0 Å². The lowest BCUT2D eigenvalue weighted by molar-refractivity contribution is -0.120. The van der Waals surface area contributed by atoms with Gasteiger partial charge in [0.2, 0.25) is 15.9 Å². The van der Waals surface area contributed by atoms with E-state index in [-0.39, 0.29) is 24.6 Å². The number of nitrogens with zero attached hydrogens (tertiary/aromatic N) is 3. The van der Waals surface area contributed by atoms with Crippen LogP contribution in [-0.2, 0) is 21.2 Å². The summed E-state index contributed by atoms with van der Waals surface area (Å²) in [4.78, 5) is 12.0. The Morgan fingerprint density at radius 3 is 2.85 bits per heavy atom.